The van der Waals surface area contributed by atoms with Crippen LogP contribution in [0.3, 0.4) is 0 Å². The van der Waals surface area contributed by atoms with Gasteiger partial charge in [0.05, 0.1) is 6.54 Å². The Morgan fingerprint density at radius 3 is 2.65 bits per heavy atom. The zero-order valence-electron chi connectivity index (χ0n) is 12.6. The molecule has 23 heavy (non-hydrogen) atoms. The number of aromatic nitrogens is 3. The van der Waals surface area contributed by atoms with Crippen molar-refractivity contribution in [3.63, 3.8) is 0 Å². The van der Waals surface area contributed by atoms with Crippen LogP contribution in [0.25, 0.3) is 0 Å². The Bertz CT molecular complexity index is 645. The van der Waals surface area contributed by atoms with E-state index in [1.54, 1.807) is 0 Å². The molecule has 3 rings (SSSR count). The first-order chi connectivity index (χ1) is 11.1. The molecule has 0 bridgehead atoms. The van der Waals surface area contributed by atoms with Gasteiger partial charge >= 0.3 is 0 Å². The number of piperazine rings is 1. The van der Waals surface area contributed by atoms with Gasteiger partial charge < -0.3 is 10.4 Å². The largest absolute Gasteiger partial charge is 0.382 e. The highest BCUT2D eigenvalue weighted by Crippen LogP contribution is 2.27. The van der Waals surface area contributed by atoms with Crippen LogP contribution in [0.1, 0.15) is 5.56 Å². The molecule has 0 radical (unpaired) electrons. The highest BCUT2D eigenvalue weighted by molar-refractivity contribution is 5.25. The molecule has 8 heteroatoms. The molecule has 2 N–H and O–H groups in total. The van der Waals surface area contributed by atoms with E-state index in [2.05, 4.69) is 20.3 Å². The molecule has 124 valence electrons. The van der Waals surface area contributed by atoms with Crippen molar-refractivity contribution >= 4 is 0 Å². The minimum absolute atomic E-state index is 0.0412. The Hall–Kier alpha value is -1.90. The van der Waals surface area contributed by atoms with Crippen molar-refractivity contribution in [2.45, 2.75) is 12.1 Å². The van der Waals surface area contributed by atoms with Gasteiger partial charge in [-0.1, -0.05) is 6.07 Å². The van der Waals surface area contributed by atoms with Crippen LogP contribution in [-0.2, 0) is 12.1 Å². The van der Waals surface area contributed by atoms with Crippen molar-refractivity contribution in [3.8, 4) is 0 Å². The van der Waals surface area contributed by atoms with Gasteiger partial charge in [-0.2, -0.15) is 5.10 Å². The van der Waals surface area contributed by atoms with Crippen molar-refractivity contribution in [2.24, 2.45) is 0 Å². The highest BCUT2D eigenvalue weighted by atomic mass is 19.1. The van der Waals surface area contributed by atoms with E-state index in [0.29, 0.717) is 0 Å². The summed E-state index contributed by atoms with van der Waals surface area (Å²) in [6, 6.07) is 3.24. The van der Waals surface area contributed by atoms with Crippen LogP contribution in [0.5, 0.6) is 0 Å². The lowest BCUT2D eigenvalue weighted by Crippen LogP contribution is -2.51. The van der Waals surface area contributed by atoms with Crippen LogP contribution in [0.4, 0.5) is 8.78 Å². The summed E-state index contributed by atoms with van der Waals surface area (Å²) in [4.78, 5) is 5.90. The second-order valence-corrected chi connectivity index (χ2v) is 5.77. The molecule has 0 amide bonds. The van der Waals surface area contributed by atoms with Crippen LogP contribution in [0, 0.1) is 11.6 Å². The van der Waals surface area contributed by atoms with Crippen molar-refractivity contribution in [3.05, 3.63) is 48.1 Å². The molecule has 2 heterocycles. The fourth-order valence-corrected chi connectivity index (χ4v) is 2.91. The van der Waals surface area contributed by atoms with Gasteiger partial charge in [-0.25, -0.2) is 18.4 Å². The van der Waals surface area contributed by atoms with E-state index in [0.717, 1.165) is 38.3 Å². The fraction of sp³-hybridized carbons (Fsp3) is 0.467. The molecule has 2 aromatic rings. The normalized spacial score (nSPS) is 18.7. The van der Waals surface area contributed by atoms with E-state index in [1.165, 1.54) is 23.4 Å². The number of nitrogens with one attached hydrogen (secondary N) is 1. The fourth-order valence-electron chi connectivity index (χ4n) is 2.91. The third-order valence-corrected chi connectivity index (χ3v) is 4.02. The molecule has 1 aliphatic rings. The number of hydrogen-bond acceptors (Lipinski definition) is 5. The summed E-state index contributed by atoms with van der Waals surface area (Å²) >= 11 is 0. The molecule has 6 nitrogen and oxygen atoms in total. The molecular weight excluding hydrogens is 304 g/mol. The zero-order valence-corrected chi connectivity index (χ0v) is 12.6. The maximum atomic E-state index is 14.3. The summed E-state index contributed by atoms with van der Waals surface area (Å²) in [7, 11) is 0. The Morgan fingerprint density at radius 2 is 2.00 bits per heavy atom. The second kappa shape index (κ2) is 6.69. The van der Waals surface area contributed by atoms with Gasteiger partial charge in [0.2, 0.25) is 0 Å². The first-order valence-corrected chi connectivity index (χ1v) is 7.50. The standard InChI is InChI=1S/C15H19F2N5O/c16-12-1-2-13(14(17)7-12)15(23,9-22-11-19-10-20-22)8-21-5-3-18-4-6-21/h1-2,7,10-11,18,23H,3-6,8-9H2. The lowest BCUT2D eigenvalue weighted by Gasteiger charge is -2.36. The van der Waals surface area contributed by atoms with E-state index >= 15 is 0 Å². The SMILES string of the molecule is OC(CN1CCNCC1)(Cn1cncn1)c1ccc(F)cc1F. The Balaban J connectivity index is 1.90. The molecule has 1 aliphatic heterocycles. The lowest BCUT2D eigenvalue weighted by atomic mass is 9.92. The lowest BCUT2D eigenvalue weighted by molar-refractivity contribution is -0.0239. The number of rotatable bonds is 5. The summed E-state index contributed by atoms with van der Waals surface area (Å²) in [5.74, 6) is -1.43. The van der Waals surface area contributed by atoms with Gasteiger partial charge in [-0.05, 0) is 6.07 Å². The first-order valence-electron chi connectivity index (χ1n) is 7.50. The quantitative estimate of drug-likeness (QED) is 0.831. The van der Waals surface area contributed by atoms with Crippen LogP contribution >= 0.6 is 0 Å². The molecule has 0 spiro atoms. The van der Waals surface area contributed by atoms with Gasteiger partial charge in [-0.3, -0.25) is 4.90 Å². The van der Waals surface area contributed by atoms with Crippen LogP contribution < -0.4 is 5.32 Å². The van der Waals surface area contributed by atoms with Crippen LogP contribution in [-0.4, -0.2) is 57.5 Å². The molecule has 1 aromatic heterocycles. The van der Waals surface area contributed by atoms with Crippen molar-refractivity contribution < 1.29 is 13.9 Å². The van der Waals surface area contributed by atoms with E-state index in [4.69, 9.17) is 0 Å². The molecule has 0 aliphatic carbocycles. The highest BCUT2D eigenvalue weighted by Gasteiger charge is 2.35. The third kappa shape index (κ3) is 3.72. The maximum absolute atomic E-state index is 14.3. The molecule has 1 atom stereocenters. The Morgan fingerprint density at radius 1 is 1.22 bits per heavy atom. The minimum Gasteiger partial charge on any atom is -0.382 e. The average Bonchev–Trinajstić information content (AvgIpc) is 3.00. The van der Waals surface area contributed by atoms with Crippen LogP contribution in [0.15, 0.2) is 30.9 Å². The van der Waals surface area contributed by atoms with Crippen molar-refractivity contribution in [1.29, 1.82) is 0 Å². The van der Waals surface area contributed by atoms with Gasteiger partial charge in [0.15, 0.2) is 0 Å². The smallest absolute Gasteiger partial charge is 0.137 e. The number of halogens is 2. The minimum atomic E-state index is -1.52. The Kier molecular flexibility index (Phi) is 4.65. The van der Waals surface area contributed by atoms with Gasteiger partial charge in [0, 0.05) is 44.4 Å². The zero-order chi connectivity index (χ0) is 16.3. The monoisotopic (exact) mass is 323 g/mol. The number of β-amino-alcohol motifs (C(OH)–C–C–N with tert-alkyl or cyclic N) is 1. The molecule has 1 aromatic carbocycles. The van der Waals surface area contributed by atoms with E-state index in [-0.39, 0.29) is 18.7 Å². The Labute approximate surface area is 132 Å². The topological polar surface area (TPSA) is 66.2 Å². The summed E-state index contributed by atoms with van der Waals surface area (Å²) in [5.41, 5.74) is -1.46. The number of nitrogens with zero attached hydrogens (tertiary/aromatic N) is 4. The second-order valence-electron chi connectivity index (χ2n) is 5.77. The van der Waals surface area contributed by atoms with Crippen molar-refractivity contribution in [2.75, 3.05) is 32.7 Å². The van der Waals surface area contributed by atoms with E-state index < -0.39 is 17.2 Å². The summed E-state index contributed by atoms with van der Waals surface area (Å²) in [5, 5.41) is 18.4. The summed E-state index contributed by atoms with van der Waals surface area (Å²) < 4.78 is 28.9. The van der Waals surface area contributed by atoms with Crippen LogP contribution in [0.2, 0.25) is 0 Å². The molecule has 1 unspecified atom stereocenters. The summed E-state index contributed by atoms with van der Waals surface area (Å²) in [6.07, 6.45) is 2.82. The molecule has 1 fully saturated rings. The predicted octanol–water partition coefficient (Wildman–Crippen LogP) is 0.349. The molecule has 1 saturated heterocycles. The predicted molar refractivity (Wildman–Crippen MR) is 79.6 cm³/mol. The molecule has 0 saturated carbocycles. The summed E-state index contributed by atoms with van der Waals surface area (Å²) in [6.45, 7) is 3.40. The average molecular weight is 323 g/mol. The van der Waals surface area contributed by atoms with Gasteiger partial charge in [0.25, 0.3) is 0 Å². The van der Waals surface area contributed by atoms with Gasteiger partial charge in [-0.15, -0.1) is 0 Å². The van der Waals surface area contributed by atoms with Crippen molar-refractivity contribution in [1.82, 2.24) is 25.0 Å². The van der Waals surface area contributed by atoms with Gasteiger partial charge in [0.1, 0.15) is 29.9 Å². The number of aliphatic hydroxyl groups is 1. The maximum Gasteiger partial charge on any atom is 0.137 e. The molecular formula is C15H19F2N5O. The third-order valence-electron chi connectivity index (χ3n) is 4.02. The first kappa shape index (κ1) is 16.0. The van der Waals surface area contributed by atoms with E-state index in [1.807, 2.05) is 0 Å². The number of benzene rings is 1. The van der Waals surface area contributed by atoms with E-state index in [9.17, 15) is 13.9 Å². The number of hydrogen-bond donors (Lipinski definition) is 2.